The minimum atomic E-state index is -1.01. The molecule has 0 aliphatic carbocycles. The van der Waals surface area contributed by atoms with E-state index in [9.17, 15) is 14.7 Å². The summed E-state index contributed by atoms with van der Waals surface area (Å²) in [4.78, 5) is 23.2. The van der Waals surface area contributed by atoms with Crippen molar-refractivity contribution in [3.63, 3.8) is 0 Å². The minimum Gasteiger partial charge on any atom is -0.469 e. The number of carbonyl (C=O) groups is 2. The van der Waals surface area contributed by atoms with Crippen LogP contribution in [0.1, 0.15) is 43.7 Å². The van der Waals surface area contributed by atoms with Crippen molar-refractivity contribution in [3.8, 4) is 11.3 Å². The summed E-state index contributed by atoms with van der Waals surface area (Å²) >= 11 is 0. The van der Waals surface area contributed by atoms with Crippen LogP contribution in [0.3, 0.4) is 0 Å². The van der Waals surface area contributed by atoms with Gasteiger partial charge in [-0.3, -0.25) is 9.59 Å². The van der Waals surface area contributed by atoms with E-state index in [2.05, 4.69) is 18.6 Å². The Kier molecular flexibility index (Phi) is 6.79. The topological polar surface area (TPSA) is 80.9 Å². The molecule has 3 rings (SSSR count). The van der Waals surface area contributed by atoms with Crippen molar-refractivity contribution in [1.29, 1.82) is 0 Å². The van der Waals surface area contributed by atoms with Crippen molar-refractivity contribution >= 4 is 23.3 Å². The maximum Gasteiger partial charge on any atom is 0.313 e. The Morgan fingerprint density at radius 2 is 1.90 bits per heavy atom. The van der Waals surface area contributed by atoms with Crippen LogP contribution in [0.5, 0.6) is 0 Å². The van der Waals surface area contributed by atoms with Crippen LogP contribution in [0, 0.1) is 0 Å². The van der Waals surface area contributed by atoms with E-state index in [-0.39, 0.29) is 24.5 Å². The number of ketones is 1. The normalized spacial score (nSPS) is 12.6. The van der Waals surface area contributed by atoms with Gasteiger partial charge in [0.2, 0.25) is 0 Å². The standard InChI is InChI=1S/C24H26N2O4/c1-16(2)23-20(12-11-18(27)14-19(28)15-22(29)30-3)24(17-8-5-4-6-9-17)25-26-13-7-10-21(23)26/h4-13,16,18,27H,14-15H2,1-3H3/b12-11+. The molecule has 1 aromatic carbocycles. The van der Waals surface area contributed by atoms with Crippen LogP contribution in [0.4, 0.5) is 0 Å². The smallest absolute Gasteiger partial charge is 0.313 e. The van der Waals surface area contributed by atoms with Gasteiger partial charge in [-0.2, -0.15) is 5.10 Å². The predicted octanol–water partition coefficient (Wildman–Crippen LogP) is 4.02. The fourth-order valence-electron chi connectivity index (χ4n) is 3.50. The first-order chi connectivity index (χ1) is 14.4. The molecule has 0 bridgehead atoms. The highest BCUT2D eigenvalue weighted by molar-refractivity contribution is 5.95. The van der Waals surface area contributed by atoms with E-state index < -0.39 is 12.1 Å². The van der Waals surface area contributed by atoms with Crippen LogP contribution in [0.25, 0.3) is 22.9 Å². The fraction of sp³-hybridized carbons (Fsp3) is 0.292. The summed E-state index contributed by atoms with van der Waals surface area (Å²) in [7, 11) is 1.23. The molecule has 0 aliphatic heterocycles. The SMILES string of the molecule is COC(=O)CC(=O)CC(O)/C=C/c1c(-c2ccccc2)nn2cccc2c1C(C)C. The molecule has 2 heterocycles. The summed E-state index contributed by atoms with van der Waals surface area (Å²) in [6.07, 6.45) is 3.84. The molecule has 1 atom stereocenters. The van der Waals surface area contributed by atoms with Crippen molar-refractivity contribution in [2.24, 2.45) is 0 Å². The van der Waals surface area contributed by atoms with Gasteiger partial charge in [-0.15, -0.1) is 0 Å². The highest BCUT2D eigenvalue weighted by Gasteiger charge is 2.18. The van der Waals surface area contributed by atoms with E-state index in [0.717, 1.165) is 27.9 Å². The molecule has 2 aromatic heterocycles. The number of benzene rings is 1. The second kappa shape index (κ2) is 9.50. The Morgan fingerprint density at radius 1 is 1.17 bits per heavy atom. The van der Waals surface area contributed by atoms with Gasteiger partial charge in [0.15, 0.2) is 0 Å². The highest BCUT2D eigenvalue weighted by atomic mass is 16.5. The number of hydrogen-bond donors (Lipinski definition) is 1. The van der Waals surface area contributed by atoms with Crippen molar-refractivity contribution in [2.75, 3.05) is 7.11 Å². The number of fused-ring (bicyclic) bond motifs is 1. The zero-order valence-electron chi connectivity index (χ0n) is 17.4. The van der Waals surface area contributed by atoms with Crippen molar-refractivity contribution in [3.05, 3.63) is 65.9 Å². The van der Waals surface area contributed by atoms with Gasteiger partial charge in [-0.05, 0) is 23.6 Å². The first-order valence-electron chi connectivity index (χ1n) is 9.92. The number of nitrogens with zero attached hydrogens (tertiary/aromatic N) is 2. The van der Waals surface area contributed by atoms with Gasteiger partial charge in [0.05, 0.1) is 24.4 Å². The van der Waals surface area contributed by atoms with Crippen LogP contribution in [0.15, 0.2) is 54.7 Å². The molecule has 6 nitrogen and oxygen atoms in total. The first-order valence-corrected chi connectivity index (χ1v) is 9.92. The summed E-state index contributed by atoms with van der Waals surface area (Å²) in [5.74, 6) is -0.760. The zero-order valence-corrected chi connectivity index (χ0v) is 17.4. The number of ether oxygens (including phenoxy) is 1. The second-order valence-corrected chi connectivity index (χ2v) is 7.46. The number of rotatable bonds is 8. The van der Waals surface area contributed by atoms with Crippen LogP contribution >= 0.6 is 0 Å². The zero-order chi connectivity index (χ0) is 21.7. The Hall–Kier alpha value is -3.25. The Balaban J connectivity index is 2.01. The summed E-state index contributed by atoms with van der Waals surface area (Å²) in [5.41, 5.74) is 4.78. The number of methoxy groups -OCH3 is 1. The quantitative estimate of drug-likeness (QED) is 0.451. The summed E-state index contributed by atoms with van der Waals surface area (Å²) in [5, 5.41) is 15.1. The fourth-order valence-corrected chi connectivity index (χ4v) is 3.50. The lowest BCUT2D eigenvalue weighted by Crippen LogP contribution is -2.15. The molecule has 1 N–H and O–H groups in total. The number of aliphatic hydroxyl groups excluding tert-OH is 1. The number of carbonyl (C=O) groups excluding carboxylic acids is 2. The second-order valence-electron chi connectivity index (χ2n) is 7.46. The third kappa shape index (κ3) is 4.83. The highest BCUT2D eigenvalue weighted by Crippen LogP contribution is 2.33. The third-order valence-electron chi connectivity index (χ3n) is 4.87. The Morgan fingerprint density at radius 3 is 2.57 bits per heavy atom. The maximum atomic E-state index is 11.9. The average Bonchev–Trinajstić information content (AvgIpc) is 3.19. The molecule has 0 aliphatic rings. The molecule has 0 spiro atoms. The molecule has 156 valence electrons. The predicted molar refractivity (Wildman–Crippen MR) is 116 cm³/mol. The lowest BCUT2D eigenvalue weighted by atomic mass is 9.93. The van der Waals surface area contributed by atoms with Gasteiger partial charge >= 0.3 is 5.97 Å². The number of aliphatic hydroxyl groups is 1. The van der Waals surface area contributed by atoms with Crippen LogP contribution in [0.2, 0.25) is 0 Å². The van der Waals surface area contributed by atoms with Gasteiger partial charge in [-0.1, -0.05) is 56.3 Å². The molecule has 6 heteroatoms. The largest absolute Gasteiger partial charge is 0.469 e. The van der Waals surface area contributed by atoms with E-state index in [1.807, 2.05) is 59.3 Å². The van der Waals surface area contributed by atoms with Crippen LogP contribution in [-0.2, 0) is 14.3 Å². The van der Waals surface area contributed by atoms with Gasteiger partial charge < -0.3 is 9.84 Å². The van der Waals surface area contributed by atoms with Crippen molar-refractivity contribution < 1.29 is 19.4 Å². The Bertz CT molecular complexity index is 1070. The molecule has 1 unspecified atom stereocenters. The summed E-state index contributed by atoms with van der Waals surface area (Å²) in [6.45, 7) is 4.23. The molecule has 3 aromatic rings. The van der Waals surface area contributed by atoms with Gasteiger partial charge in [-0.25, -0.2) is 4.52 Å². The number of aromatic nitrogens is 2. The first kappa shape index (κ1) is 21.5. The van der Waals surface area contributed by atoms with Crippen LogP contribution in [-0.4, -0.2) is 39.7 Å². The summed E-state index contributed by atoms with van der Waals surface area (Å²) in [6, 6.07) is 13.8. The summed E-state index contributed by atoms with van der Waals surface area (Å²) < 4.78 is 6.37. The molecule has 0 saturated carbocycles. The molecular weight excluding hydrogens is 380 g/mol. The van der Waals surface area contributed by atoms with Crippen LogP contribution < -0.4 is 0 Å². The number of Topliss-reactive ketones (excluding diaryl/α,β-unsaturated/α-hetero) is 1. The number of esters is 1. The van der Waals surface area contributed by atoms with E-state index in [4.69, 9.17) is 5.10 Å². The van der Waals surface area contributed by atoms with Gasteiger partial charge in [0.1, 0.15) is 12.2 Å². The number of hydrogen-bond acceptors (Lipinski definition) is 5. The van der Waals surface area contributed by atoms with E-state index >= 15 is 0 Å². The lowest BCUT2D eigenvalue weighted by Gasteiger charge is -2.17. The van der Waals surface area contributed by atoms with E-state index in [0.29, 0.717) is 0 Å². The molecule has 0 radical (unpaired) electrons. The Labute approximate surface area is 175 Å². The van der Waals surface area contributed by atoms with Crippen molar-refractivity contribution in [1.82, 2.24) is 9.61 Å². The molecule has 30 heavy (non-hydrogen) atoms. The molecule has 0 amide bonds. The van der Waals surface area contributed by atoms with Crippen molar-refractivity contribution in [2.45, 2.75) is 38.7 Å². The molecule has 0 saturated heterocycles. The van der Waals surface area contributed by atoms with E-state index in [1.165, 1.54) is 7.11 Å². The van der Waals surface area contributed by atoms with Gasteiger partial charge in [0, 0.05) is 23.7 Å². The third-order valence-corrected chi connectivity index (χ3v) is 4.87. The van der Waals surface area contributed by atoms with E-state index in [1.54, 1.807) is 6.08 Å². The minimum absolute atomic E-state index is 0.149. The maximum absolute atomic E-state index is 11.9. The molecule has 0 fully saturated rings. The lowest BCUT2D eigenvalue weighted by molar-refractivity contribution is -0.143. The molecular formula is C24H26N2O4. The monoisotopic (exact) mass is 406 g/mol. The van der Waals surface area contributed by atoms with Gasteiger partial charge in [0.25, 0.3) is 0 Å². The average molecular weight is 406 g/mol.